The average molecular weight is 316 g/mol. The van der Waals surface area contributed by atoms with Gasteiger partial charge in [0.25, 0.3) is 5.91 Å². The van der Waals surface area contributed by atoms with E-state index in [0.717, 1.165) is 16.9 Å². The van der Waals surface area contributed by atoms with Gasteiger partial charge in [0.1, 0.15) is 6.04 Å². The molecule has 5 nitrogen and oxygen atoms in total. The molecule has 1 N–H and O–H groups in total. The molecule has 0 bridgehead atoms. The molecule has 0 fully saturated rings. The van der Waals surface area contributed by atoms with Gasteiger partial charge in [-0.2, -0.15) is 0 Å². The van der Waals surface area contributed by atoms with E-state index in [4.69, 9.17) is 0 Å². The van der Waals surface area contributed by atoms with Crippen molar-refractivity contribution in [3.05, 3.63) is 83.2 Å². The maximum absolute atomic E-state index is 13.0. The fourth-order valence-electron chi connectivity index (χ4n) is 3.75. The molecule has 1 amide bonds. The van der Waals surface area contributed by atoms with Crippen molar-refractivity contribution in [2.24, 2.45) is 0 Å². The van der Waals surface area contributed by atoms with E-state index in [1.54, 1.807) is 23.1 Å². The summed E-state index contributed by atoms with van der Waals surface area (Å²) in [4.78, 5) is 26.0. The number of carbonyl (C=O) groups excluding carboxylic acids is 1. The number of hydrogen-bond donors (Lipinski definition) is 1. The molecule has 3 aromatic rings. The summed E-state index contributed by atoms with van der Waals surface area (Å²) in [7, 11) is 0. The van der Waals surface area contributed by atoms with E-state index in [1.807, 2.05) is 47.2 Å². The van der Waals surface area contributed by atoms with Crippen molar-refractivity contribution in [3.63, 3.8) is 0 Å². The summed E-state index contributed by atoms with van der Waals surface area (Å²) < 4.78 is 2.03. The largest absolute Gasteiger partial charge is 0.478 e. The molecule has 0 saturated heterocycles. The number of hydrogen-bond acceptors (Lipinski definition) is 2. The van der Waals surface area contributed by atoms with Gasteiger partial charge in [0.15, 0.2) is 0 Å². The molecule has 5 heteroatoms. The minimum Gasteiger partial charge on any atom is -0.478 e. The van der Waals surface area contributed by atoms with Gasteiger partial charge >= 0.3 is 5.97 Å². The maximum Gasteiger partial charge on any atom is 0.335 e. The van der Waals surface area contributed by atoms with E-state index >= 15 is 0 Å². The second kappa shape index (κ2) is 4.35. The molecule has 0 spiro atoms. The Bertz CT molecular complexity index is 1030. The second-order valence-corrected chi connectivity index (χ2v) is 5.98. The monoisotopic (exact) mass is 316 g/mol. The van der Waals surface area contributed by atoms with Crippen LogP contribution in [0.15, 0.2) is 60.8 Å². The topological polar surface area (TPSA) is 62.5 Å². The van der Waals surface area contributed by atoms with Gasteiger partial charge in [-0.15, -0.1) is 0 Å². The number of nitrogens with zero attached hydrogens (tertiary/aromatic N) is 2. The van der Waals surface area contributed by atoms with Crippen LogP contribution in [0.5, 0.6) is 0 Å². The van der Waals surface area contributed by atoms with Crippen molar-refractivity contribution in [1.29, 1.82) is 0 Å². The molecule has 3 heterocycles. The summed E-state index contributed by atoms with van der Waals surface area (Å²) in [6.07, 6.45) is 1.94. The summed E-state index contributed by atoms with van der Waals surface area (Å²) in [6, 6.07) is 16.2. The summed E-state index contributed by atoms with van der Waals surface area (Å²) >= 11 is 0. The first-order chi connectivity index (χ1) is 11.7. The van der Waals surface area contributed by atoms with E-state index < -0.39 is 5.97 Å². The van der Waals surface area contributed by atoms with Gasteiger partial charge < -0.3 is 9.67 Å². The smallest absolute Gasteiger partial charge is 0.335 e. The molecule has 5 rings (SSSR count). The predicted molar refractivity (Wildman–Crippen MR) is 87.8 cm³/mol. The minimum atomic E-state index is -1.00. The van der Waals surface area contributed by atoms with E-state index in [-0.39, 0.29) is 17.5 Å². The fourth-order valence-corrected chi connectivity index (χ4v) is 3.75. The Morgan fingerprint density at radius 1 is 1.00 bits per heavy atom. The zero-order valence-electron chi connectivity index (χ0n) is 12.5. The Morgan fingerprint density at radius 3 is 2.67 bits per heavy atom. The van der Waals surface area contributed by atoms with E-state index in [2.05, 4.69) is 0 Å². The number of carbonyl (C=O) groups is 2. The molecule has 0 radical (unpaired) electrons. The highest BCUT2D eigenvalue weighted by Crippen LogP contribution is 2.47. The standard InChI is InChI=1S/C19H12N2O3/c22-18-13-5-2-1-4-12(13)17-15-6-3-9-20(15)14-8-7-11(19(23)24)10-16(14)21(17)18/h1-10,17H,(H,23,24). The van der Waals surface area contributed by atoms with Gasteiger partial charge in [-0.05, 0) is 42.0 Å². The number of aromatic carboxylic acids is 1. The van der Waals surface area contributed by atoms with Crippen molar-refractivity contribution >= 4 is 17.6 Å². The first kappa shape index (κ1) is 13.1. The van der Waals surface area contributed by atoms with E-state index in [1.165, 1.54) is 0 Å². The summed E-state index contributed by atoms with van der Waals surface area (Å²) in [6.45, 7) is 0. The summed E-state index contributed by atoms with van der Waals surface area (Å²) in [5, 5.41) is 9.31. The quantitative estimate of drug-likeness (QED) is 0.749. The zero-order valence-corrected chi connectivity index (χ0v) is 12.5. The molecular formula is C19H12N2O3. The Hall–Kier alpha value is -3.34. The Labute approximate surface area is 137 Å². The van der Waals surface area contributed by atoms with Crippen LogP contribution in [0.2, 0.25) is 0 Å². The van der Waals surface area contributed by atoms with Gasteiger partial charge in [-0.3, -0.25) is 9.69 Å². The van der Waals surface area contributed by atoms with Crippen LogP contribution in [-0.4, -0.2) is 21.6 Å². The van der Waals surface area contributed by atoms with E-state index in [0.29, 0.717) is 11.3 Å². The third-order valence-corrected chi connectivity index (χ3v) is 4.76. The normalized spacial score (nSPS) is 17.1. The number of benzene rings is 2. The number of amides is 1. The lowest BCUT2D eigenvalue weighted by molar-refractivity contribution is 0.0696. The third-order valence-electron chi connectivity index (χ3n) is 4.76. The van der Waals surface area contributed by atoms with Crippen molar-refractivity contribution in [2.75, 3.05) is 4.90 Å². The van der Waals surface area contributed by atoms with Gasteiger partial charge in [0.05, 0.1) is 22.6 Å². The lowest BCUT2D eigenvalue weighted by Crippen LogP contribution is -2.34. The maximum atomic E-state index is 13.0. The number of rotatable bonds is 1. The van der Waals surface area contributed by atoms with Crippen molar-refractivity contribution < 1.29 is 14.7 Å². The molecule has 2 aliphatic heterocycles. The number of anilines is 1. The highest BCUT2D eigenvalue weighted by molar-refractivity contribution is 6.13. The van der Waals surface area contributed by atoms with Crippen LogP contribution in [0.1, 0.15) is 38.0 Å². The fraction of sp³-hybridized carbons (Fsp3) is 0.0526. The number of fused-ring (bicyclic) bond motifs is 8. The SMILES string of the molecule is O=C(O)c1ccc2c(c1)N1C(=O)c3ccccc3C1c1cccn1-2. The molecule has 1 unspecified atom stereocenters. The Morgan fingerprint density at radius 2 is 1.83 bits per heavy atom. The third kappa shape index (κ3) is 1.48. The van der Waals surface area contributed by atoms with Crippen LogP contribution in [0, 0.1) is 0 Å². The molecule has 1 atom stereocenters. The van der Waals surface area contributed by atoms with Crippen LogP contribution in [0.25, 0.3) is 5.69 Å². The lowest BCUT2D eigenvalue weighted by Gasteiger charge is -2.34. The van der Waals surface area contributed by atoms with Crippen molar-refractivity contribution in [1.82, 2.24) is 4.57 Å². The highest BCUT2D eigenvalue weighted by atomic mass is 16.4. The molecule has 1 aromatic heterocycles. The van der Waals surface area contributed by atoms with Crippen LogP contribution in [0.4, 0.5) is 5.69 Å². The van der Waals surface area contributed by atoms with Crippen LogP contribution >= 0.6 is 0 Å². The van der Waals surface area contributed by atoms with Gasteiger partial charge in [0, 0.05) is 11.8 Å². The molecule has 2 aromatic carbocycles. The molecule has 116 valence electrons. The highest BCUT2D eigenvalue weighted by Gasteiger charge is 2.43. The summed E-state index contributed by atoms with van der Waals surface area (Å²) in [5.41, 5.74) is 4.25. The van der Waals surface area contributed by atoms with Crippen LogP contribution < -0.4 is 4.90 Å². The first-order valence-corrected chi connectivity index (χ1v) is 7.64. The minimum absolute atomic E-state index is 0.0909. The van der Waals surface area contributed by atoms with Gasteiger partial charge in [-0.25, -0.2) is 4.79 Å². The van der Waals surface area contributed by atoms with Crippen LogP contribution in [-0.2, 0) is 0 Å². The zero-order chi connectivity index (χ0) is 16.4. The first-order valence-electron chi connectivity index (χ1n) is 7.64. The van der Waals surface area contributed by atoms with Crippen molar-refractivity contribution in [2.45, 2.75) is 6.04 Å². The average Bonchev–Trinajstić information content (AvgIpc) is 3.18. The molecule has 24 heavy (non-hydrogen) atoms. The number of carboxylic acid groups (broad SMARTS) is 1. The predicted octanol–water partition coefficient (Wildman–Crippen LogP) is 3.24. The molecule has 2 aliphatic rings. The molecule has 0 saturated carbocycles. The van der Waals surface area contributed by atoms with Crippen LogP contribution in [0.3, 0.4) is 0 Å². The van der Waals surface area contributed by atoms with E-state index in [9.17, 15) is 14.7 Å². The van der Waals surface area contributed by atoms with Crippen molar-refractivity contribution in [3.8, 4) is 5.69 Å². The lowest BCUT2D eigenvalue weighted by atomic mass is 10.00. The molecule has 0 aliphatic carbocycles. The Kier molecular flexibility index (Phi) is 2.38. The summed E-state index contributed by atoms with van der Waals surface area (Å²) in [5.74, 6) is -1.09. The van der Waals surface area contributed by atoms with Gasteiger partial charge in [-0.1, -0.05) is 18.2 Å². The number of carboxylic acids is 1. The Balaban J connectivity index is 1.84. The number of aromatic nitrogens is 1. The van der Waals surface area contributed by atoms with Gasteiger partial charge in [0.2, 0.25) is 0 Å². The second-order valence-electron chi connectivity index (χ2n) is 5.98. The molecular weight excluding hydrogens is 304 g/mol.